The molecule has 1 amide bonds. The van der Waals surface area contributed by atoms with Gasteiger partial charge < -0.3 is 5.32 Å². The number of aromatic nitrogens is 1. The Labute approximate surface area is 105 Å². The minimum absolute atomic E-state index is 0.0173. The summed E-state index contributed by atoms with van der Waals surface area (Å²) in [4.78, 5) is 16.3. The molecule has 1 aliphatic rings. The van der Waals surface area contributed by atoms with Gasteiger partial charge in [0.15, 0.2) is 0 Å². The predicted molar refractivity (Wildman–Crippen MR) is 72.1 cm³/mol. The number of rotatable bonds is 2. The zero-order chi connectivity index (χ0) is 12.4. The van der Waals surface area contributed by atoms with Crippen molar-refractivity contribution in [3.8, 4) is 0 Å². The van der Waals surface area contributed by atoms with E-state index in [0.717, 1.165) is 16.6 Å². The summed E-state index contributed by atoms with van der Waals surface area (Å²) in [5.41, 5.74) is 1.69. The van der Waals surface area contributed by atoms with Gasteiger partial charge in [0.1, 0.15) is 0 Å². The minimum atomic E-state index is -0.170. The van der Waals surface area contributed by atoms with Crippen LogP contribution in [0.5, 0.6) is 0 Å². The SMILES string of the molecule is O=C(Nc1cccc2ncccc12)C1C=CC=C1. The first-order chi connectivity index (χ1) is 8.84. The summed E-state index contributed by atoms with van der Waals surface area (Å²) in [6, 6.07) is 9.54. The molecule has 1 N–H and O–H groups in total. The van der Waals surface area contributed by atoms with Crippen molar-refractivity contribution >= 4 is 22.5 Å². The molecule has 88 valence electrons. The maximum absolute atomic E-state index is 12.0. The van der Waals surface area contributed by atoms with Gasteiger partial charge in [0.2, 0.25) is 5.91 Å². The van der Waals surface area contributed by atoms with Crippen molar-refractivity contribution in [2.45, 2.75) is 0 Å². The molecule has 1 aromatic carbocycles. The summed E-state index contributed by atoms with van der Waals surface area (Å²) in [7, 11) is 0. The van der Waals surface area contributed by atoms with Crippen LogP contribution >= 0.6 is 0 Å². The third-order valence-corrected chi connectivity index (χ3v) is 2.95. The summed E-state index contributed by atoms with van der Waals surface area (Å²) >= 11 is 0. The first kappa shape index (κ1) is 10.7. The number of carbonyl (C=O) groups excluding carboxylic acids is 1. The van der Waals surface area contributed by atoms with E-state index in [1.807, 2.05) is 54.6 Å². The highest BCUT2D eigenvalue weighted by atomic mass is 16.1. The fourth-order valence-corrected chi connectivity index (χ4v) is 2.04. The van der Waals surface area contributed by atoms with Crippen LogP contribution in [-0.4, -0.2) is 10.9 Å². The van der Waals surface area contributed by atoms with Crippen LogP contribution < -0.4 is 5.32 Å². The molecule has 0 bridgehead atoms. The molecule has 1 heterocycles. The molecule has 0 saturated carbocycles. The number of fused-ring (bicyclic) bond motifs is 1. The number of anilines is 1. The molecule has 0 unspecified atom stereocenters. The Kier molecular flexibility index (Phi) is 2.65. The van der Waals surface area contributed by atoms with E-state index in [2.05, 4.69) is 10.3 Å². The molecule has 0 aliphatic heterocycles. The summed E-state index contributed by atoms with van der Waals surface area (Å²) in [6.07, 6.45) is 9.26. The standard InChI is InChI=1S/C15H12N2O/c18-15(11-5-1-2-6-11)17-14-9-3-8-13-12(14)7-4-10-16-13/h1-11H,(H,17,18). The fourth-order valence-electron chi connectivity index (χ4n) is 2.04. The summed E-state index contributed by atoms with van der Waals surface area (Å²) in [6.45, 7) is 0. The number of allylic oxidation sites excluding steroid dienone is 2. The zero-order valence-corrected chi connectivity index (χ0v) is 9.71. The number of carbonyl (C=O) groups is 1. The van der Waals surface area contributed by atoms with Crippen LogP contribution in [0, 0.1) is 5.92 Å². The van der Waals surface area contributed by atoms with Gasteiger partial charge in [-0.3, -0.25) is 9.78 Å². The molecule has 0 radical (unpaired) electrons. The molecule has 0 spiro atoms. The van der Waals surface area contributed by atoms with Crippen molar-refractivity contribution in [2.24, 2.45) is 5.92 Å². The van der Waals surface area contributed by atoms with E-state index >= 15 is 0 Å². The van der Waals surface area contributed by atoms with Crippen LogP contribution in [0.3, 0.4) is 0 Å². The second-order valence-corrected chi connectivity index (χ2v) is 4.16. The van der Waals surface area contributed by atoms with E-state index in [1.54, 1.807) is 6.20 Å². The molecule has 2 aromatic rings. The van der Waals surface area contributed by atoms with E-state index in [1.165, 1.54) is 0 Å². The Morgan fingerprint density at radius 3 is 2.78 bits per heavy atom. The lowest BCUT2D eigenvalue weighted by atomic mass is 10.1. The number of amides is 1. The number of nitrogens with zero attached hydrogens (tertiary/aromatic N) is 1. The Hall–Kier alpha value is -2.42. The van der Waals surface area contributed by atoms with E-state index in [-0.39, 0.29) is 11.8 Å². The molecule has 0 fully saturated rings. The van der Waals surface area contributed by atoms with Crippen molar-refractivity contribution in [1.29, 1.82) is 0 Å². The van der Waals surface area contributed by atoms with Crippen molar-refractivity contribution in [2.75, 3.05) is 5.32 Å². The van der Waals surface area contributed by atoms with Crippen LogP contribution in [-0.2, 0) is 4.79 Å². The molecule has 0 saturated heterocycles. The molecule has 0 atom stereocenters. The van der Waals surface area contributed by atoms with Gasteiger partial charge in [-0.25, -0.2) is 0 Å². The van der Waals surface area contributed by atoms with Gasteiger partial charge in [-0.2, -0.15) is 0 Å². The molecular formula is C15H12N2O. The van der Waals surface area contributed by atoms with Gasteiger partial charge in [0.05, 0.1) is 17.1 Å². The highest BCUT2D eigenvalue weighted by molar-refractivity contribution is 6.02. The quantitative estimate of drug-likeness (QED) is 0.871. The molecule has 1 aromatic heterocycles. The summed E-state index contributed by atoms with van der Waals surface area (Å²) < 4.78 is 0. The maximum atomic E-state index is 12.0. The van der Waals surface area contributed by atoms with Crippen LogP contribution in [0.2, 0.25) is 0 Å². The summed E-state index contributed by atoms with van der Waals surface area (Å²) in [5.74, 6) is -0.187. The second kappa shape index (κ2) is 4.45. The van der Waals surface area contributed by atoms with Gasteiger partial charge >= 0.3 is 0 Å². The maximum Gasteiger partial charge on any atom is 0.235 e. The Morgan fingerprint density at radius 2 is 1.94 bits per heavy atom. The van der Waals surface area contributed by atoms with Crippen LogP contribution in [0.15, 0.2) is 60.8 Å². The lowest BCUT2D eigenvalue weighted by molar-refractivity contribution is -0.117. The van der Waals surface area contributed by atoms with Crippen LogP contribution in [0.25, 0.3) is 10.9 Å². The van der Waals surface area contributed by atoms with E-state index in [0.29, 0.717) is 0 Å². The number of benzene rings is 1. The molecular weight excluding hydrogens is 224 g/mol. The Morgan fingerprint density at radius 1 is 1.11 bits per heavy atom. The molecule has 3 rings (SSSR count). The van der Waals surface area contributed by atoms with Gasteiger partial charge in [-0.1, -0.05) is 30.4 Å². The Balaban J connectivity index is 1.93. The molecule has 3 nitrogen and oxygen atoms in total. The second-order valence-electron chi connectivity index (χ2n) is 4.16. The number of hydrogen-bond donors (Lipinski definition) is 1. The van der Waals surface area contributed by atoms with E-state index in [4.69, 9.17) is 0 Å². The zero-order valence-electron chi connectivity index (χ0n) is 9.71. The van der Waals surface area contributed by atoms with Crippen molar-refractivity contribution in [3.05, 3.63) is 60.8 Å². The lowest BCUT2D eigenvalue weighted by Crippen LogP contribution is -2.18. The van der Waals surface area contributed by atoms with Gasteiger partial charge in [0.25, 0.3) is 0 Å². The average molecular weight is 236 g/mol. The number of nitrogens with one attached hydrogen (secondary N) is 1. The van der Waals surface area contributed by atoms with Gasteiger partial charge in [0, 0.05) is 11.6 Å². The average Bonchev–Trinajstić information content (AvgIpc) is 2.93. The molecule has 18 heavy (non-hydrogen) atoms. The largest absolute Gasteiger partial charge is 0.325 e. The van der Waals surface area contributed by atoms with Crippen molar-refractivity contribution < 1.29 is 4.79 Å². The number of pyridine rings is 1. The van der Waals surface area contributed by atoms with E-state index < -0.39 is 0 Å². The van der Waals surface area contributed by atoms with Gasteiger partial charge in [-0.05, 0) is 24.3 Å². The molecule has 1 aliphatic carbocycles. The number of hydrogen-bond acceptors (Lipinski definition) is 2. The predicted octanol–water partition coefficient (Wildman–Crippen LogP) is 2.92. The van der Waals surface area contributed by atoms with Crippen LogP contribution in [0.4, 0.5) is 5.69 Å². The normalized spacial score (nSPS) is 14.2. The Bertz CT molecular complexity index is 641. The third-order valence-electron chi connectivity index (χ3n) is 2.95. The van der Waals surface area contributed by atoms with Crippen molar-refractivity contribution in [1.82, 2.24) is 4.98 Å². The highest BCUT2D eigenvalue weighted by Gasteiger charge is 2.15. The minimum Gasteiger partial charge on any atom is -0.325 e. The van der Waals surface area contributed by atoms with E-state index in [9.17, 15) is 4.79 Å². The topological polar surface area (TPSA) is 42.0 Å². The lowest BCUT2D eigenvalue weighted by Gasteiger charge is -2.10. The highest BCUT2D eigenvalue weighted by Crippen LogP contribution is 2.22. The first-order valence-electron chi connectivity index (χ1n) is 5.84. The smallest absolute Gasteiger partial charge is 0.235 e. The van der Waals surface area contributed by atoms with Crippen LogP contribution in [0.1, 0.15) is 0 Å². The van der Waals surface area contributed by atoms with Gasteiger partial charge in [-0.15, -0.1) is 0 Å². The fraction of sp³-hybridized carbons (Fsp3) is 0.0667. The molecule has 3 heteroatoms. The summed E-state index contributed by atoms with van der Waals surface area (Å²) in [5, 5.41) is 3.90. The van der Waals surface area contributed by atoms with Crippen molar-refractivity contribution in [3.63, 3.8) is 0 Å². The first-order valence-corrected chi connectivity index (χ1v) is 5.84. The monoisotopic (exact) mass is 236 g/mol. The third kappa shape index (κ3) is 1.91.